The van der Waals surface area contributed by atoms with Gasteiger partial charge in [-0.3, -0.25) is 9.36 Å². The topological polar surface area (TPSA) is 80.8 Å². The fourth-order valence-corrected chi connectivity index (χ4v) is 2.05. The summed E-state index contributed by atoms with van der Waals surface area (Å²) in [6.07, 6.45) is 3.08. The average Bonchev–Trinajstić information content (AvgIpc) is 2.58. The van der Waals surface area contributed by atoms with Crippen LogP contribution in [-0.2, 0) is 6.54 Å². The van der Waals surface area contributed by atoms with Crippen LogP contribution in [0.5, 0.6) is 5.75 Å². The van der Waals surface area contributed by atoms with Gasteiger partial charge in [-0.25, -0.2) is 9.97 Å². The van der Waals surface area contributed by atoms with Crippen LogP contribution < -0.4 is 10.3 Å². The Hall–Kier alpha value is -3.20. The number of nitriles is 1. The molecule has 2 aromatic heterocycles. The molecule has 0 saturated heterocycles. The first-order valence-corrected chi connectivity index (χ1v) is 6.71. The molecule has 0 spiro atoms. The summed E-state index contributed by atoms with van der Waals surface area (Å²) in [5.41, 5.74) is 0.882. The van der Waals surface area contributed by atoms with Crippen LogP contribution >= 0.6 is 0 Å². The van der Waals surface area contributed by atoms with E-state index in [0.29, 0.717) is 35.5 Å². The Balaban J connectivity index is 1.70. The summed E-state index contributed by atoms with van der Waals surface area (Å²) in [4.78, 5) is 20.4. The number of hydrogen-bond acceptors (Lipinski definition) is 5. The molecule has 22 heavy (non-hydrogen) atoms. The number of pyridine rings is 1. The van der Waals surface area contributed by atoms with E-state index in [2.05, 4.69) is 9.97 Å². The van der Waals surface area contributed by atoms with Crippen molar-refractivity contribution in [2.45, 2.75) is 6.54 Å². The van der Waals surface area contributed by atoms with E-state index in [-0.39, 0.29) is 5.56 Å². The van der Waals surface area contributed by atoms with Gasteiger partial charge in [0.25, 0.3) is 5.56 Å². The normalized spacial score (nSPS) is 10.3. The first kappa shape index (κ1) is 13.8. The number of nitrogens with zero attached hydrogens (tertiary/aromatic N) is 4. The van der Waals surface area contributed by atoms with Gasteiger partial charge in [0, 0.05) is 6.20 Å². The van der Waals surface area contributed by atoms with Crippen molar-refractivity contribution in [1.29, 1.82) is 5.26 Å². The third-order valence-electron chi connectivity index (χ3n) is 3.18. The molecule has 0 bridgehead atoms. The summed E-state index contributed by atoms with van der Waals surface area (Å²) in [7, 11) is 0. The van der Waals surface area contributed by atoms with E-state index in [4.69, 9.17) is 10.00 Å². The fraction of sp³-hybridized carbons (Fsp3) is 0.125. The Morgan fingerprint density at radius 3 is 2.77 bits per heavy atom. The smallest absolute Gasteiger partial charge is 0.262 e. The Morgan fingerprint density at radius 1 is 1.18 bits per heavy atom. The summed E-state index contributed by atoms with van der Waals surface area (Å²) in [5, 5.41) is 9.22. The van der Waals surface area contributed by atoms with Gasteiger partial charge in [-0.1, -0.05) is 0 Å². The molecule has 1 aromatic carbocycles. The zero-order valence-corrected chi connectivity index (χ0v) is 11.6. The second kappa shape index (κ2) is 6.06. The van der Waals surface area contributed by atoms with Crippen LogP contribution in [0.4, 0.5) is 0 Å². The molecule has 0 unspecified atom stereocenters. The van der Waals surface area contributed by atoms with Crippen LogP contribution in [0.3, 0.4) is 0 Å². The molecule has 0 aliphatic rings. The predicted octanol–water partition coefficient (Wildman–Crippen LogP) is 1.74. The SMILES string of the molecule is N#Cc1ccc(OCCn2cnc3ncccc3c2=O)cc1. The Kier molecular flexibility index (Phi) is 3.79. The van der Waals surface area contributed by atoms with Gasteiger partial charge >= 0.3 is 0 Å². The molecule has 0 amide bonds. The number of aromatic nitrogens is 3. The van der Waals surface area contributed by atoms with Crippen molar-refractivity contribution in [2.24, 2.45) is 0 Å². The maximum Gasteiger partial charge on any atom is 0.262 e. The van der Waals surface area contributed by atoms with Gasteiger partial charge in [0.1, 0.15) is 18.7 Å². The molecule has 2 heterocycles. The van der Waals surface area contributed by atoms with E-state index in [1.807, 2.05) is 6.07 Å². The predicted molar refractivity (Wildman–Crippen MR) is 80.5 cm³/mol. The number of fused-ring (bicyclic) bond motifs is 1. The largest absolute Gasteiger partial charge is 0.492 e. The van der Waals surface area contributed by atoms with Crippen LogP contribution in [0.15, 0.2) is 53.7 Å². The van der Waals surface area contributed by atoms with Crippen molar-refractivity contribution >= 4 is 11.0 Å². The van der Waals surface area contributed by atoms with Crippen molar-refractivity contribution in [1.82, 2.24) is 14.5 Å². The van der Waals surface area contributed by atoms with E-state index < -0.39 is 0 Å². The monoisotopic (exact) mass is 292 g/mol. The Bertz CT molecular complexity index is 894. The quantitative estimate of drug-likeness (QED) is 0.731. The number of benzene rings is 1. The van der Waals surface area contributed by atoms with Crippen molar-refractivity contribution in [2.75, 3.05) is 6.61 Å². The molecule has 0 fully saturated rings. The minimum Gasteiger partial charge on any atom is -0.492 e. The third-order valence-corrected chi connectivity index (χ3v) is 3.18. The van der Waals surface area contributed by atoms with Crippen LogP contribution in [0.25, 0.3) is 11.0 Å². The zero-order chi connectivity index (χ0) is 15.4. The van der Waals surface area contributed by atoms with E-state index in [0.717, 1.165) is 0 Å². The molecule has 0 saturated carbocycles. The second-order valence-corrected chi connectivity index (χ2v) is 4.60. The lowest BCUT2D eigenvalue weighted by atomic mass is 10.2. The Labute approximate surface area is 126 Å². The molecule has 6 heteroatoms. The van der Waals surface area contributed by atoms with E-state index in [9.17, 15) is 4.79 Å². The van der Waals surface area contributed by atoms with Crippen LogP contribution in [-0.4, -0.2) is 21.1 Å². The first-order chi connectivity index (χ1) is 10.8. The highest BCUT2D eigenvalue weighted by molar-refractivity contribution is 5.72. The van der Waals surface area contributed by atoms with Crippen LogP contribution in [0.2, 0.25) is 0 Å². The van der Waals surface area contributed by atoms with Gasteiger partial charge in [0.05, 0.1) is 23.6 Å². The molecule has 3 rings (SSSR count). The summed E-state index contributed by atoms with van der Waals surface area (Å²) in [5.74, 6) is 0.655. The Morgan fingerprint density at radius 2 is 2.00 bits per heavy atom. The van der Waals surface area contributed by atoms with Crippen molar-refractivity contribution in [3.8, 4) is 11.8 Å². The summed E-state index contributed by atoms with van der Waals surface area (Å²) >= 11 is 0. The highest BCUT2D eigenvalue weighted by atomic mass is 16.5. The van der Waals surface area contributed by atoms with E-state index >= 15 is 0 Å². The molecule has 0 N–H and O–H groups in total. The van der Waals surface area contributed by atoms with Crippen molar-refractivity contribution in [3.63, 3.8) is 0 Å². The van der Waals surface area contributed by atoms with Crippen molar-refractivity contribution in [3.05, 3.63) is 64.8 Å². The van der Waals surface area contributed by atoms with E-state index in [1.54, 1.807) is 42.6 Å². The highest BCUT2D eigenvalue weighted by Gasteiger charge is 2.04. The van der Waals surface area contributed by atoms with Gasteiger partial charge in [0.15, 0.2) is 5.65 Å². The lowest BCUT2D eigenvalue weighted by Crippen LogP contribution is -2.23. The zero-order valence-electron chi connectivity index (χ0n) is 11.6. The highest BCUT2D eigenvalue weighted by Crippen LogP contribution is 2.11. The standard InChI is InChI=1S/C16H12N4O2/c17-10-12-3-5-13(6-4-12)22-9-8-20-11-19-15-14(16(20)21)2-1-7-18-15/h1-7,11H,8-9H2. The van der Waals surface area contributed by atoms with Crippen LogP contribution in [0, 0.1) is 11.3 Å². The summed E-state index contributed by atoms with van der Waals surface area (Å²) < 4.78 is 7.06. The minimum absolute atomic E-state index is 0.137. The maximum absolute atomic E-state index is 12.2. The number of hydrogen-bond donors (Lipinski definition) is 0. The molecular formula is C16H12N4O2. The summed E-state index contributed by atoms with van der Waals surface area (Å²) in [6.45, 7) is 0.718. The molecule has 0 aliphatic heterocycles. The molecule has 0 radical (unpaired) electrons. The van der Waals surface area contributed by atoms with Gasteiger partial charge < -0.3 is 4.74 Å². The lowest BCUT2D eigenvalue weighted by Gasteiger charge is -2.08. The number of rotatable bonds is 4. The van der Waals surface area contributed by atoms with Gasteiger partial charge in [-0.05, 0) is 36.4 Å². The molecule has 0 aliphatic carbocycles. The molecule has 0 atom stereocenters. The van der Waals surface area contributed by atoms with Gasteiger partial charge in [0.2, 0.25) is 0 Å². The average molecular weight is 292 g/mol. The summed E-state index contributed by atoms with van der Waals surface area (Å²) in [6, 6.07) is 12.3. The second-order valence-electron chi connectivity index (χ2n) is 4.60. The van der Waals surface area contributed by atoms with Gasteiger partial charge in [-0.2, -0.15) is 5.26 Å². The molecule has 6 nitrogen and oxygen atoms in total. The third kappa shape index (κ3) is 2.79. The van der Waals surface area contributed by atoms with Crippen LogP contribution in [0.1, 0.15) is 5.56 Å². The van der Waals surface area contributed by atoms with Crippen molar-refractivity contribution < 1.29 is 4.74 Å². The fourth-order valence-electron chi connectivity index (χ4n) is 2.05. The van der Waals surface area contributed by atoms with E-state index in [1.165, 1.54) is 10.9 Å². The molecular weight excluding hydrogens is 280 g/mol. The minimum atomic E-state index is -0.137. The molecule has 108 valence electrons. The lowest BCUT2D eigenvalue weighted by molar-refractivity contribution is 0.296. The number of ether oxygens (including phenoxy) is 1. The van der Waals surface area contributed by atoms with Gasteiger partial charge in [-0.15, -0.1) is 0 Å². The first-order valence-electron chi connectivity index (χ1n) is 6.71. The molecule has 3 aromatic rings. The maximum atomic E-state index is 12.2.